The van der Waals surface area contributed by atoms with Crippen LogP contribution in [0.3, 0.4) is 0 Å². The number of hydrogen-bond donors (Lipinski definition) is 2. The van der Waals surface area contributed by atoms with Gasteiger partial charge in [0.2, 0.25) is 0 Å². The number of halogens is 1. The second-order valence-electron chi connectivity index (χ2n) is 4.80. The number of rotatable bonds is 9. The normalized spacial score (nSPS) is 11.5. The first-order chi connectivity index (χ1) is 10.3. The molecule has 0 aromatic heterocycles. The number of benzene rings is 1. The van der Waals surface area contributed by atoms with Crippen molar-refractivity contribution in [3.8, 4) is 0 Å². The lowest BCUT2D eigenvalue weighted by atomic mass is 10.2. The smallest absolute Gasteiger partial charge is 0.191 e. The summed E-state index contributed by atoms with van der Waals surface area (Å²) in [6.07, 6.45) is 3.31. The minimum atomic E-state index is 0.756. The van der Waals surface area contributed by atoms with Gasteiger partial charge >= 0.3 is 0 Å². The van der Waals surface area contributed by atoms with Crippen molar-refractivity contribution in [3.05, 3.63) is 34.3 Å². The molecule has 0 bridgehead atoms. The predicted molar refractivity (Wildman–Crippen MR) is 92.7 cm³/mol. The number of unbranched alkanes of at least 4 members (excludes halogenated alkanes) is 1. The van der Waals surface area contributed by atoms with Crippen molar-refractivity contribution in [2.75, 3.05) is 26.8 Å². The molecule has 0 aliphatic carbocycles. The van der Waals surface area contributed by atoms with Crippen LogP contribution in [0.15, 0.2) is 33.7 Å². The Morgan fingerprint density at radius 2 is 2.05 bits per heavy atom. The largest absolute Gasteiger partial charge is 0.381 e. The summed E-state index contributed by atoms with van der Waals surface area (Å²) in [5.74, 6) is 0.823. The lowest BCUT2D eigenvalue weighted by molar-refractivity contribution is 0.129. The van der Waals surface area contributed by atoms with Crippen molar-refractivity contribution < 1.29 is 4.74 Å². The monoisotopic (exact) mass is 355 g/mol. The third-order valence-electron chi connectivity index (χ3n) is 2.97. The number of hydrogen-bond acceptors (Lipinski definition) is 2. The fraction of sp³-hybridized carbons (Fsp3) is 0.562. The molecule has 0 spiro atoms. The van der Waals surface area contributed by atoms with Crippen LogP contribution in [0.2, 0.25) is 0 Å². The van der Waals surface area contributed by atoms with E-state index in [1.54, 1.807) is 7.05 Å². The van der Waals surface area contributed by atoms with E-state index in [-0.39, 0.29) is 0 Å². The van der Waals surface area contributed by atoms with Crippen LogP contribution in [0.1, 0.15) is 31.7 Å². The summed E-state index contributed by atoms with van der Waals surface area (Å²) in [6.45, 7) is 5.46. The van der Waals surface area contributed by atoms with Crippen LogP contribution in [0.4, 0.5) is 0 Å². The van der Waals surface area contributed by atoms with E-state index in [0.29, 0.717) is 0 Å². The molecule has 21 heavy (non-hydrogen) atoms. The molecule has 1 aromatic carbocycles. The second-order valence-corrected chi connectivity index (χ2v) is 5.72. The highest BCUT2D eigenvalue weighted by atomic mass is 79.9. The maximum atomic E-state index is 5.53. The Morgan fingerprint density at radius 3 is 2.76 bits per heavy atom. The van der Waals surface area contributed by atoms with E-state index in [9.17, 15) is 0 Å². The molecule has 0 saturated heterocycles. The van der Waals surface area contributed by atoms with Gasteiger partial charge in [0, 0.05) is 37.8 Å². The fourth-order valence-corrected chi connectivity index (χ4v) is 2.23. The lowest BCUT2D eigenvalue weighted by Gasteiger charge is -2.12. The summed E-state index contributed by atoms with van der Waals surface area (Å²) in [6, 6.07) is 8.24. The van der Waals surface area contributed by atoms with Crippen molar-refractivity contribution in [2.45, 2.75) is 32.7 Å². The Bertz CT molecular complexity index is 424. The first kappa shape index (κ1) is 18.0. The highest BCUT2D eigenvalue weighted by Gasteiger charge is 1.98. The van der Waals surface area contributed by atoms with E-state index in [1.165, 1.54) is 12.0 Å². The molecule has 2 N–H and O–H groups in total. The van der Waals surface area contributed by atoms with Crippen LogP contribution in [-0.4, -0.2) is 32.8 Å². The van der Waals surface area contributed by atoms with Gasteiger partial charge in [-0.25, -0.2) is 0 Å². The molecule has 0 heterocycles. The van der Waals surface area contributed by atoms with Gasteiger partial charge in [-0.15, -0.1) is 0 Å². The van der Waals surface area contributed by atoms with Gasteiger partial charge in [0.05, 0.1) is 0 Å². The Labute approximate surface area is 136 Å². The van der Waals surface area contributed by atoms with Crippen LogP contribution < -0.4 is 10.6 Å². The predicted octanol–water partition coefficient (Wildman–Crippen LogP) is 3.32. The van der Waals surface area contributed by atoms with Gasteiger partial charge in [0.25, 0.3) is 0 Å². The summed E-state index contributed by atoms with van der Waals surface area (Å²) in [7, 11) is 1.79. The van der Waals surface area contributed by atoms with Gasteiger partial charge in [-0.2, -0.15) is 0 Å². The Kier molecular flexibility index (Phi) is 9.91. The van der Waals surface area contributed by atoms with Crippen molar-refractivity contribution in [2.24, 2.45) is 4.99 Å². The van der Waals surface area contributed by atoms with Crippen molar-refractivity contribution in [1.82, 2.24) is 10.6 Å². The summed E-state index contributed by atoms with van der Waals surface area (Å²) in [5, 5.41) is 6.59. The van der Waals surface area contributed by atoms with Crippen molar-refractivity contribution in [1.29, 1.82) is 0 Å². The van der Waals surface area contributed by atoms with E-state index < -0.39 is 0 Å². The first-order valence-corrected chi connectivity index (χ1v) is 8.32. The summed E-state index contributed by atoms with van der Waals surface area (Å²) in [4.78, 5) is 4.21. The van der Waals surface area contributed by atoms with Crippen LogP contribution in [0.25, 0.3) is 0 Å². The van der Waals surface area contributed by atoms with Crippen molar-refractivity contribution >= 4 is 21.9 Å². The van der Waals surface area contributed by atoms with Crippen LogP contribution in [0, 0.1) is 0 Å². The third kappa shape index (κ3) is 8.73. The average Bonchev–Trinajstić information content (AvgIpc) is 2.49. The molecule has 1 rings (SSSR count). The first-order valence-electron chi connectivity index (χ1n) is 7.53. The summed E-state index contributed by atoms with van der Waals surface area (Å²) < 4.78 is 6.62. The quantitative estimate of drug-likeness (QED) is 0.405. The Morgan fingerprint density at radius 1 is 1.24 bits per heavy atom. The van der Waals surface area contributed by atoms with Gasteiger partial charge in [0.15, 0.2) is 5.96 Å². The number of aliphatic imine (C=N–C) groups is 1. The zero-order valence-corrected chi connectivity index (χ0v) is 14.6. The minimum Gasteiger partial charge on any atom is -0.381 e. The number of guanidine groups is 1. The molecular formula is C16H26BrN3O. The average molecular weight is 356 g/mol. The van der Waals surface area contributed by atoms with Gasteiger partial charge < -0.3 is 15.4 Å². The molecule has 5 heteroatoms. The van der Waals surface area contributed by atoms with E-state index in [0.717, 1.165) is 49.6 Å². The van der Waals surface area contributed by atoms with Gasteiger partial charge in [0.1, 0.15) is 0 Å². The van der Waals surface area contributed by atoms with Gasteiger partial charge in [-0.05, 0) is 30.5 Å². The summed E-state index contributed by atoms with van der Waals surface area (Å²) in [5.41, 5.74) is 1.22. The molecule has 118 valence electrons. The Hall–Kier alpha value is -1.07. The van der Waals surface area contributed by atoms with E-state index in [4.69, 9.17) is 4.74 Å². The molecule has 0 amide bonds. The fourth-order valence-electron chi connectivity index (χ4n) is 1.78. The zero-order chi connectivity index (χ0) is 15.3. The molecule has 0 unspecified atom stereocenters. The topological polar surface area (TPSA) is 45.6 Å². The molecule has 0 aliphatic rings. The maximum Gasteiger partial charge on any atom is 0.191 e. The molecule has 4 nitrogen and oxygen atoms in total. The van der Waals surface area contributed by atoms with Gasteiger partial charge in [-0.3, -0.25) is 4.99 Å². The van der Waals surface area contributed by atoms with Crippen LogP contribution in [0.5, 0.6) is 0 Å². The van der Waals surface area contributed by atoms with E-state index in [1.807, 2.05) is 12.1 Å². The number of ether oxygens (including phenoxy) is 1. The molecule has 1 aromatic rings. The second kappa shape index (κ2) is 11.6. The van der Waals surface area contributed by atoms with Crippen LogP contribution in [-0.2, 0) is 11.3 Å². The lowest BCUT2D eigenvalue weighted by Crippen LogP contribution is -2.37. The zero-order valence-electron chi connectivity index (χ0n) is 13.0. The van der Waals surface area contributed by atoms with E-state index in [2.05, 4.69) is 50.6 Å². The third-order valence-corrected chi connectivity index (χ3v) is 3.47. The summed E-state index contributed by atoms with van der Waals surface area (Å²) >= 11 is 3.48. The van der Waals surface area contributed by atoms with Gasteiger partial charge in [-0.1, -0.05) is 41.4 Å². The van der Waals surface area contributed by atoms with Crippen molar-refractivity contribution in [3.63, 3.8) is 0 Å². The Balaban J connectivity index is 2.15. The molecule has 0 aliphatic heterocycles. The highest BCUT2D eigenvalue weighted by molar-refractivity contribution is 9.10. The minimum absolute atomic E-state index is 0.756. The maximum absolute atomic E-state index is 5.53. The number of nitrogens with one attached hydrogen (secondary N) is 2. The molecule has 0 saturated carbocycles. The molecule has 0 radical (unpaired) electrons. The van der Waals surface area contributed by atoms with Crippen LogP contribution >= 0.6 is 15.9 Å². The highest BCUT2D eigenvalue weighted by Crippen LogP contribution is 2.11. The molecule has 0 fully saturated rings. The number of nitrogens with zero attached hydrogens (tertiary/aromatic N) is 1. The standard InChI is InChI=1S/C16H26BrN3O/c1-3-4-10-21-11-6-9-19-16(18-2)20-13-14-7-5-8-15(17)12-14/h5,7-8,12H,3-4,6,9-11,13H2,1-2H3,(H2,18,19,20). The molecular weight excluding hydrogens is 330 g/mol. The van der Waals surface area contributed by atoms with E-state index >= 15 is 0 Å². The molecule has 0 atom stereocenters. The SMILES string of the molecule is CCCCOCCCNC(=NC)NCc1cccc(Br)c1.